The number of aromatic nitrogens is 3. The van der Waals surface area contributed by atoms with Crippen LogP contribution in [0.3, 0.4) is 0 Å². The fourth-order valence-electron chi connectivity index (χ4n) is 2.19. The lowest BCUT2D eigenvalue weighted by atomic mass is 10.0. The first-order valence-corrected chi connectivity index (χ1v) is 7.35. The van der Waals surface area contributed by atoms with Gasteiger partial charge < -0.3 is 5.32 Å². The van der Waals surface area contributed by atoms with Crippen LogP contribution < -0.4 is 5.32 Å². The highest BCUT2D eigenvalue weighted by molar-refractivity contribution is 5.93. The molecule has 21 heavy (non-hydrogen) atoms. The highest BCUT2D eigenvalue weighted by Gasteiger charge is 2.11. The summed E-state index contributed by atoms with van der Waals surface area (Å²) in [5.41, 5.74) is 3.48. The molecule has 0 unspecified atom stereocenters. The zero-order chi connectivity index (χ0) is 15.2. The third kappa shape index (κ3) is 3.90. The smallest absolute Gasteiger partial charge is 0.269 e. The molecule has 0 fully saturated rings. The number of amides is 1. The molecular weight excluding hydrogens is 264 g/mol. The summed E-state index contributed by atoms with van der Waals surface area (Å²) in [5, 5.41) is 7.09. The number of hydrogen-bond acceptors (Lipinski definition) is 3. The van der Waals surface area contributed by atoms with E-state index < -0.39 is 0 Å². The molecule has 0 aliphatic carbocycles. The number of hydrogen-bond donors (Lipinski definition) is 1. The largest absolute Gasteiger partial charge is 0.351 e. The van der Waals surface area contributed by atoms with Crippen molar-refractivity contribution in [3.05, 3.63) is 35.9 Å². The van der Waals surface area contributed by atoms with E-state index in [2.05, 4.69) is 22.3 Å². The van der Waals surface area contributed by atoms with Gasteiger partial charge in [0.1, 0.15) is 5.69 Å². The number of nitrogens with zero attached hydrogens (tertiary/aromatic N) is 3. The second-order valence-electron chi connectivity index (χ2n) is 5.25. The summed E-state index contributed by atoms with van der Waals surface area (Å²) in [6.07, 6.45) is 8.75. The van der Waals surface area contributed by atoms with Crippen molar-refractivity contribution in [1.82, 2.24) is 20.1 Å². The van der Waals surface area contributed by atoms with Crippen LogP contribution in [0.15, 0.2) is 24.7 Å². The van der Waals surface area contributed by atoms with Crippen molar-refractivity contribution in [3.63, 3.8) is 0 Å². The Kier molecular flexibility index (Phi) is 5.09. The standard InChI is InChI=1S/C16H22N4O/c1-4-5-6-7-17-16(21)15-8-14(12(2)9-18-15)13-10-19-20(3)11-13/h8-11H,4-7H2,1-3H3,(H,17,21). The molecule has 0 saturated carbocycles. The lowest BCUT2D eigenvalue weighted by Crippen LogP contribution is -2.25. The first-order valence-electron chi connectivity index (χ1n) is 7.35. The average molecular weight is 286 g/mol. The molecule has 0 bridgehead atoms. The second kappa shape index (κ2) is 7.02. The molecule has 1 N–H and O–H groups in total. The minimum absolute atomic E-state index is 0.115. The number of rotatable bonds is 6. The second-order valence-corrected chi connectivity index (χ2v) is 5.25. The third-order valence-corrected chi connectivity index (χ3v) is 3.42. The van der Waals surface area contributed by atoms with Crippen molar-refractivity contribution in [2.45, 2.75) is 33.1 Å². The lowest BCUT2D eigenvalue weighted by molar-refractivity contribution is 0.0948. The van der Waals surface area contributed by atoms with Gasteiger partial charge in [-0.15, -0.1) is 0 Å². The molecule has 0 aromatic carbocycles. The number of nitrogens with one attached hydrogen (secondary N) is 1. The zero-order valence-electron chi connectivity index (χ0n) is 12.9. The van der Waals surface area contributed by atoms with Gasteiger partial charge in [0, 0.05) is 31.5 Å². The van der Waals surface area contributed by atoms with Gasteiger partial charge >= 0.3 is 0 Å². The van der Waals surface area contributed by atoms with E-state index >= 15 is 0 Å². The van der Waals surface area contributed by atoms with Crippen LogP contribution >= 0.6 is 0 Å². The first kappa shape index (κ1) is 15.2. The van der Waals surface area contributed by atoms with Gasteiger partial charge in [-0.1, -0.05) is 19.8 Å². The van der Waals surface area contributed by atoms with Gasteiger partial charge in [0.25, 0.3) is 5.91 Å². The normalized spacial score (nSPS) is 10.6. The fourth-order valence-corrected chi connectivity index (χ4v) is 2.19. The van der Waals surface area contributed by atoms with Crippen LogP contribution in [-0.2, 0) is 7.05 Å². The molecule has 0 radical (unpaired) electrons. The first-order chi connectivity index (χ1) is 10.1. The van der Waals surface area contributed by atoms with Crippen molar-refractivity contribution in [2.75, 3.05) is 6.54 Å². The van der Waals surface area contributed by atoms with E-state index in [1.54, 1.807) is 17.1 Å². The molecule has 112 valence electrons. The Bertz CT molecular complexity index is 618. The van der Waals surface area contributed by atoms with Gasteiger partial charge in [0.2, 0.25) is 0 Å². The molecule has 2 rings (SSSR count). The van der Waals surface area contributed by atoms with Crippen molar-refractivity contribution in [2.24, 2.45) is 7.05 Å². The van der Waals surface area contributed by atoms with Gasteiger partial charge in [-0.3, -0.25) is 14.5 Å². The summed E-state index contributed by atoms with van der Waals surface area (Å²) < 4.78 is 1.75. The predicted molar refractivity (Wildman–Crippen MR) is 83.0 cm³/mol. The maximum Gasteiger partial charge on any atom is 0.269 e. The van der Waals surface area contributed by atoms with Gasteiger partial charge in [-0.2, -0.15) is 5.10 Å². The van der Waals surface area contributed by atoms with E-state index in [9.17, 15) is 4.79 Å². The molecule has 5 heteroatoms. The topological polar surface area (TPSA) is 59.8 Å². The molecule has 0 aliphatic rings. The predicted octanol–water partition coefficient (Wildman–Crippen LogP) is 2.71. The summed E-state index contributed by atoms with van der Waals surface area (Å²) >= 11 is 0. The molecule has 1 amide bonds. The fraction of sp³-hybridized carbons (Fsp3) is 0.438. The van der Waals surface area contributed by atoms with Crippen LogP contribution in [0.5, 0.6) is 0 Å². The van der Waals surface area contributed by atoms with Gasteiger partial charge in [-0.25, -0.2) is 0 Å². The van der Waals surface area contributed by atoms with E-state index in [-0.39, 0.29) is 5.91 Å². The molecule has 2 aromatic heterocycles. The maximum absolute atomic E-state index is 12.1. The highest BCUT2D eigenvalue weighted by atomic mass is 16.1. The lowest BCUT2D eigenvalue weighted by Gasteiger charge is -2.07. The van der Waals surface area contributed by atoms with E-state index in [1.807, 2.05) is 26.2 Å². The van der Waals surface area contributed by atoms with Crippen molar-refractivity contribution < 1.29 is 4.79 Å². The van der Waals surface area contributed by atoms with E-state index in [0.717, 1.165) is 36.0 Å². The number of unbranched alkanes of at least 4 members (excludes halogenated alkanes) is 2. The Morgan fingerprint density at radius 2 is 2.14 bits per heavy atom. The van der Waals surface area contributed by atoms with E-state index in [4.69, 9.17) is 0 Å². The summed E-state index contributed by atoms with van der Waals surface area (Å²) in [4.78, 5) is 16.3. The summed E-state index contributed by atoms with van der Waals surface area (Å²) in [5.74, 6) is -0.115. The Balaban J connectivity index is 2.13. The average Bonchev–Trinajstić information content (AvgIpc) is 2.90. The Morgan fingerprint density at radius 3 is 2.81 bits per heavy atom. The van der Waals surface area contributed by atoms with Crippen molar-refractivity contribution in [3.8, 4) is 11.1 Å². The van der Waals surface area contributed by atoms with Crippen LogP contribution in [0.1, 0.15) is 42.2 Å². The summed E-state index contributed by atoms with van der Waals surface area (Å²) in [6, 6.07) is 1.83. The van der Waals surface area contributed by atoms with Crippen LogP contribution in [-0.4, -0.2) is 27.2 Å². The minimum Gasteiger partial charge on any atom is -0.351 e. The number of carbonyl (C=O) groups is 1. The van der Waals surface area contributed by atoms with Crippen LogP contribution in [0.25, 0.3) is 11.1 Å². The molecule has 0 aliphatic heterocycles. The molecule has 2 heterocycles. The molecule has 0 saturated heterocycles. The monoisotopic (exact) mass is 286 g/mol. The minimum atomic E-state index is -0.115. The van der Waals surface area contributed by atoms with E-state index in [0.29, 0.717) is 12.2 Å². The van der Waals surface area contributed by atoms with E-state index in [1.165, 1.54) is 0 Å². The zero-order valence-corrected chi connectivity index (χ0v) is 12.9. The highest BCUT2D eigenvalue weighted by Crippen LogP contribution is 2.22. The van der Waals surface area contributed by atoms with Gasteiger partial charge in [-0.05, 0) is 30.5 Å². The van der Waals surface area contributed by atoms with Crippen molar-refractivity contribution >= 4 is 5.91 Å². The number of pyridine rings is 1. The van der Waals surface area contributed by atoms with Crippen molar-refractivity contribution in [1.29, 1.82) is 0 Å². The maximum atomic E-state index is 12.1. The Morgan fingerprint density at radius 1 is 1.33 bits per heavy atom. The SMILES string of the molecule is CCCCCNC(=O)c1cc(-c2cnn(C)c2)c(C)cn1. The summed E-state index contributed by atoms with van der Waals surface area (Å²) in [7, 11) is 1.88. The third-order valence-electron chi connectivity index (χ3n) is 3.42. The molecule has 0 atom stereocenters. The number of aryl methyl sites for hydroxylation is 2. The molecular formula is C16H22N4O. The van der Waals surface area contributed by atoms with Gasteiger partial charge in [0.05, 0.1) is 6.20 Å². The van der Waals surface area contributed by atoms with Crippen LogP contribution in [0.4, 0.5) is 0 Å². The quantitative estimate of drug-likeness (QED) is 0.831. The molecule has 5 nitrogen and oxygen atoms in total. The van der Waals surface area contributed by atoms with Gasteiger partial charge in [0.15, 0.2) is 0 Å². The Hall–Kier alpha value is -2.17. The molecule has 0 spiro atoms. The Labute approximate surface area is 125 Å². The molecule has 2 aromatic rings. The summed E-state index contributed by atoms with van der Waals surface area (Å²) in [6.45, 7) is 4.83. The van der Waals surface area contributed by atoms with Crippen LogP contribution in [0.2, 0.25) is 0 Å². The number of carbonyl (C=O) groups excluding carboxylic acids is 1. The van der Waals surface area contributed by atoms with Crippen LogP contribution in [0, 0.1) is 6.92 Å².